The van der Waals surface area contributed by atoms with Crippen molar-refractivity contribution >= 4 is 0 Å². The lowest BCUT2D eigenvalue weighted by Crippen LogP contribution is -2.45. The van der Waals surface area contributed by atoms with Crippen molar-refractivity contribution in [2.24, 2.45) is 11.8 Å². The minimum Gasteiger partial charge on any atom is -0.497 e. The molecular weight excluding hydrogens is 250 g/mol. The Bertz CT molecular complexity index is 446. The highest BCUT2D eigenvalue weighted by Gasteiger charge is 2.42. The molecule has 1 aliphatic carbocycles. The van der Waals surface area contributed by atoms with Gasteiger partial charge in [-0.3, -0.25) is 0 Å². The van der Waals surface area contributed by atoms with Crippen molar-refractivity contribution in [1.82, 2.24) is 4.90 Å². The molecule has 0 amide bonds. The summed E-state index contributed by atoms with van der Waals surface area (Å²) in [6, 6.07) is 7.92. The summed E-state index contributed by atoms with van der Waals surface area (Å²) >= 11 is 0. The molecule has 2 rings (SSSR count). The van der Waals surface area contributed by atoms with Crippen LogP contribution in [0.4, 0.5) is 0 Å². The van der Waals surface area contributed by atoms with E-state index < -0.39 is 5.60 Å². The molecule has 0 bridgehead atoms. The minimum absolute atomic E-state index is 0.279. The molecule has 0 spiro atoms. The topological polar surface area (TPSA) is 32.7 Å². The number of rotatable bonds is 4. The molecule has 20 heavy (non-hydrogen) atoms. The zero-order chi connectivity index (χ0) is 14.8. The molecule has 3 nitrogen and oxygen atoms in total. The van der Waals surface area contributed by atoms with Gasteiger partial charge in [0.25, 0.3) is 0 Å². The third kappa shape index (κ3) is 3.15. The lowest BCUT2D eigenvalue weighted by atomic mass is 9.68. The zero-order valence-electron chi connectivity index (χ0n) is 13.1. The summed E-state index contributed by atoms with van der Waals surface area (Å²) in [5.74, 6) is 1.66. The minimum atomic E-state index is -0.740. The van der Waals surface area contributed by atoms with Crippen LogP contribution in [0.25, 0.3) is 0 Å². The van der Waals surface area contributed by atoms with Crippen LogP contribution in [0.3, 0.4) is 0 Å². The van der Waals surface area contributed by atoms with E-state index in [4.69, 9.17) is 4.74 Å². The van der Waals surface area contributed by atoms with Gasteiger partial charge in [0.1, 0.15) is 5.75 Å². The van der Waals surface area contributed by atoms with Gasteiger partial charge in [-0.1, -0.05) is 25.5 Å². The Morgan fingerprint density at radius 2 is 2.10 bits per heavy atom. The van der Waals surface area contributed by atoms with E-state index in [9.17, 15) is 5.11 Å². The van der Waals surface area contributed by atoms with Crippen molar-refractivity contribution in [3.05, 3.63) is 29.8 Å². The molecule has 1 fully saturated rings. The maximum absolute atomic E-state index is 11.4. The van der Waals surface area contributed by atoms with Crippen LogP contribution in [0.5, 0.6) is 5.75 Å². The molecule has 3 atom stereocenters. The van der Waals surface area contributed by atoms with Gasteiger partial charge in [0.05, 0.1) is 12.7 Å². The first-order chi connectivity index (χ1) is 9.45. The van der Waals surface area contributed by atoms with E-state index in [0.29, 0.717) is 5.92 Å². The van der Waals surface area contributed by atoms with Crippen molar-refractivity contribution in [3.63, 3.8) is 0 Å². The van der Waals surface area contributed by atoms with Gasteiger partial charge in [0, 0.05) is 12.5 Å². The Balaban J connectivity index is 2.34. The van der Waals surface area contributed by atoms with E-state index >= 15 is 0 Å². The Kier molecular flexibility index (Phi) is 4.71. The lowest BCUT2D eigenvalue weighted by molar-refractivity contribution is -0.0766. The molecule has 0 unspecified atom stereocenters. The third-order valence-corrected chi connectivity index (χ3v) is 4.50. The van der Waals surface area contributed by atoms with E-state index in [1.54, 1.807) is 7.11 Å². The first kappa shape index (κ1) is 15.3. The molecule has 112 valence electrons. The number of nitrogens with zero attached hydrogens (tertiary/aromatic N) is 1. The second kappa shape index (κ2) is 6.15. The van der Waals surface area contributed by atoms with E-state index in [1.165, 1.54) is 6.42 Å². The maximum Gasteiger partial charge on any atom is 0.119 e. The number of hydrogen-bond acceptors (Lipinski definition) is 3. The highest BCUT2D eigenvalue weighted by molar-refractivity contribution is 5.33. The number of ether oxygens (including phenoxy) is 1. The second-order valence-electron chi connectivity index (χ2n) is 6.50. The standard InChI is InChI=1S/C17H27NO2/c1-13-8-9-15(12-18(2)3)17(19,11-13)14-6-5-7-16(10-14)20-4/h5-7,10,13,15,19H,8-9,11-12H2,1-4H3/t13-,15+,17-/m1/s1. The number of aliphatic hydroxyl groups is 1. The third-order valence-electron chi connectivity index (χ3n) is 4.50. The molecule has 1 aliphatic rings. The number of hydrogen-bond donors (Lipinski definition) is 1. The second-order valence-corrected chi connectivity index (χ2v) is 6.50. The average Bonchev–Trinajstić information content (AvgIpc) is 2.42. The summed E-state index contributed by atoms with van der Waals surface area (Å²) in [5, 5.41) is 11.4. The van der Waals surface area contributed by atoms with Crippen molar-refractivity contribution < 1.29 is 9.84 Å². The maximum atomic E-state index is 11.4. The monoisotopic (exact) mass is 277 g/mol. The van der Waals surface area contributed by atoms with Crippen LogP contribution in [-0.4, -0.2) is 37.8 Å². The van der Waals surface area contributed by atoms with Gasteiger partial charge < -0.3 is 14.7 Å². The van der Waals surface area contributed by atoms with Crippen molar-refractivity contribution in [1.29, 1.82) is 0 Å². The van der Waals surface area contributed by atoms with Crippen LogP contribution >= 0.6 is 0 Å². The first-order valence-electron chi connectivity index (χ1n) is 7.47. The van der Waals surface area contributed by atoms with Crippen LogP contribution in [0.15, 0.2) is 24.3 Å². The van der Waals surface area contributed by atoms with Gasteiger partial charge in [-0.05, 0) is 50.6 Å². The highest BCUT2D eigenvalue weighted by atomic mass is 16.5. The quantitative estimate of drug-likeness (QED) is 0.918. The normalized spacial score (nSPS) is 30.5. The fourth-order valence-electron chi connectivity index (χ4n) is 3.45. The van der Waals surface area contributed by atoms with Crippen LogP contribution < -0.4 is 4.74 Å². The molecule has 0 saturated heterocycles. The molecule has 0 aromatic heterocycles. The van der Waals surface area contributed by atoms with E-state index in [1.807, 2.05) is 24.3 Å². The molecule has 0 aliphatic heterocycles. The van der Waals surface area contributed by atoms with Crippen LogP contribution in [0.2, 0.25) is 0 Å². The summed E-state index contributed by atoms with van der Waals surface area (Å²) in [5.41, 5.74) is 0.256. The molecule has 1 aromatic rings. The van der Waals surface area contributed by atoms with E-state index in [2.05, 4.69) is 25.9 Å². The first-order valence-corrected chi connectivity index (χ1v) is 7.47. The molecule has 0 heterocycles. The van der Waals surface area contributed by atoms with Gasteiger partial charge in [-0.25, -0.2) is 0 Å². The predicted octanol–water partition coefficient (Wildman–Crippen LogP) is 2.88. The van der Waals surface area contributed by atoms with Crippen LogP contribution in [0, 0.1) is 11.8 Å². The highest BCUT2D eigenvalue weighted by Crippen LogP contribution is 2.44. The lowest BCUT2D eigenvalue weighted by Gasteiger charge is -2.44. The number of benzene rings is 1. The van der Waals surface area contributed by atoms with Gasteiger partial charge in [-0.15, -0.1) is 0 Å². The van der Waals surface area contributed by atoms with E-state index in [-0.39, 0.29) is 5.92 Å². The average molecular weight is 277 g/mol. The van der Waals surface area contributed by atoms with Crippen molar-refractivity contribution in [3.8, 4) is 5.75 Å². The zero-order valence-corrected chi connectivity index (χ0v) is 13.1. The van der Waals surface area contributed by atoms with Crippen molar-refractivity contribution in [2.45, 2.75) is 31.8 Å². The molecule has 1 aromatic carbocycles. The molecule has 3 heteroatoms. The van der Waals surface area contributed by atoms with Gasteiger partial charge in [0.2, 0.25) is 0 Å². The van der Waals surface area contributed by atoms with Crippen molar-refractivity contribution in [2.75, 3.05) is 27.7 Å². The van der Waals surface area contributed by atoms with Crippen LogP contribution in [-0.2, 0) is 5.60 Å². The fourth-order valence-corrected chi connectivity index (χ4v) is 3.45. The Morgan fingerprint density at radius 3 is 2.75 bits per heavy atom. The summed E-state index contributed by atoms with van der Waals surface area (Å²) in [4.78, 5) is 2.17. The summed E-state index contributed by atoms with van der Waals surface area (Å²) in [6.07, 6.45) is 3.11. The Morgan fingerprint density at radius 1 is 1.35 bits per heavy atom. The van der Waals surface area contributed by atoms with Gasteiger partial charge in [-0.2, -0.15) is 0 Å². The predicted molar refractivity (Wildman–Crippen MR) is 81.9 cm³/mol. The summed E-state index contributed by atoms with van der Waals surface area (Å²) in [7, 11) is 5.82. The van der Waals surface area contributed by atoms with E-state index in [0.717, 1.165) is 30.7 Å². The van der Waals surface area contributed by atoms with Gasteiger partial charge in [0.15, 0.2) is 0 Å². The number of methoxy groups -OCH3 is 1. The smallest absolute Gasteiger partial charge is 0.119 e. The largest absolute Gasteiger partial charge is 0.497 e. The van der Waals surface area contributed by atoms with Gasteiger partial charge >= 0.3 is 0 Å². The molecular formula is C17H27NO2. The Labute approximate surface area is 122 Å². The Hall–Kier alpha value is -1.06. The SMILES string of the molecule is COc1cccc([C@]2(O)C[C@H](C)CC[C@H]2CN(C)C)c1. The molecule has 1 saturated carbocycles. The molecule has 0 radical (unpaired) electrons. The summed E-state index contributed by atoms with van der Waals surface area (Å²) in [6.45, 7) is 3.15. The van der Waals surface area contributed by atoms with Crippen LogP contribution in [0.1, 0.15) is 31.7 Å². The fraction of sp³-hybridized carbons (Fsp3) is 0.647. The summed E-state index contributed by atoms with van der Waals surface area (Å²) < 4.78 is 5.31. The molecule has 1 N–H and O–H groups in total.